The van der Waals surface area contributed by atoms with Gasteiger partial charge in [-0.2, -0.15) is 8.42 Å². The van der Waals surface area contributed by atoms with Crippen LogP contribution in [0.25, 0.3) is 0 Å². The molecular weight excluding hydrogens is 745 g/mol. The van der Waals surface area contributed by atoms with Crippen LogP contribution in [0.3, 0.4) is 0 Å². The van der Waals surface area contributed by atoms with E-state index < -0.39 is 35.8 Å². The van der Waals surface area contributed by atoms with E-state index in [0.717, 1.165) is 49.9 Å². The molecule has 0 radical (unpaired) electrons. The van der Waals surface area contributed by atoms with E-state index in [1.807, 2.05) is 36.4 Å². The van der Waals surface area contributed by atoms with Crippen molar-refractivity contribution in [1.82, 2.24) is 0 Å². The van der Waals surface area contributed by atoms with Crippen LogP contribution in [0.1, 0.15) is 102 Å². The second kappa shape index (κ2) is 23.8. The van der Waals surface area contributed by atoms with Crippen LogP contribution in [0.15, 0.2) is 94.7 Å². The Hall–Kier alpha value is -2.84. The van der Waals surface area contributed by atoms with E-state index in [9.17, 15) is 31.6 Å². The Morgan fingerprint density at radius 2 is 0.962 bits per heavy atom. The predicted octanol–water partition coefficient (Wildman–Crippen LogP) is 9.31. The summed E-state index contributed by atoms with van der Waals surface area (Å²) in [6, 6.07) is 21.5. The maximum atomic E-state index is 11.5. The minimum Gasteiger partial charge on any atom is -0.872 e. The third-order valence-electron chi connectivity index (χ3n) is 8.26. The number of unbranched alkanes of at least 4 members (excludes halogenated alkanes) is 10. The van der Waals surface area contributed by atoms with Gasteiger partial charge in [0.15, 0.2) is 0 Å². The molecule has 0 aromatic heterocycles. The number of phenolic OH excluding ortho intramolecular Hbond substituents is 1. The van der Waals surface area contributed by atoms with Gasteiger partial charge in [-0.25, -0.2) is 8.42 Å². The van der Waals surface area contributed by atoms with Crippen LogP contribution in [0.2, 0.25) is 0 Å². The van der Waals surface area contributed by atoms with Crippen molar-refractivity contribution >= 4 is 58.0 Å². The molecule has 0 amide bonds. The van der Waals surface area contributed by atoms with Crippen LogP contribution in [0, 0.1) is 0 Å². The van der Waals surface area contributed by atoms with Crippen LogP contribution in [0.5, 0.6) is 34.5 Å². The molecule has 10 nitrogen and oxygen atoms in total. The minimum absolute atomic E-state index is 0. The number of aryl methyl sites for hydroxylation is 2. The molecule has 2 N–H and O–H groups in total. The second-order valence-electron chi connectivity index (χ2n) is 12.8. The molecule has 0 fully saturated rings. The summed E-state index contributed by atoms with van der Waals surface area (Å²) in [6.45, 7) is 4.42. The molecule has 0 saturated carbocycles. The molecule has 53 heavy (non-hydrogen) atoms. The Morgan fingerprint density at radius 3 is 1.40 bits per heavy atom. The third kappa shape index (κ3) is 18.4. The minimum atomic E-state index is -4.70. The van der Waals surface area contributed by atoms with E-state index in [1.54, 1.807) is 12.1 Å². The van der Waals surface area contributed by atoms with Crippen molar-refractivity contribution in [3.8, 4) is 34.5 Å². The number of phenols is 1. The van der Waals surface area contributed by atoms with Gasteiger partial charge in [0, 0.05) is 18.2 Å². The van der Waals surface area contributed by atoms with Crippen LogP contribution in [0.4, 0.5) is 0 Å². The van der Waals surface area contributed by atoms with E-state index in [4.69, 9.17) is 14.0 Å². The van der Waals surface area contributed by atoms with Crippen molar-refractivity contribution in [3.05, 3.63) is 96.1 Å². The smallest absolute Gasteiger partial charge is 0.872 e. The molecule has 0 unspecified atom stereocenters. The number of hydrogen-bond acceptors (Lipinski definition) is 9. The Bertz CT molecular complexity index is 1740. The van der Waals surface area contributed by atoms with E-state index in [2.05, 4.69) is 13.8 Å². The molecule has 0 atom stereocenters. The Balaban J connectivity index is 0.000000360. The summed E-state index contributed by atoms with van der Waals surface area (Å²) < 4.78 is 75.8. The first kappa shape index (κ1) is 46.3. The molecule has 0 saturated heterocycles. The summed E-state index contributed by atoms with van der Waals surface area (Å²) in [4.78, 5) is -0.994. The number of hydrogen-bond donors (Lipinski definition) is 2. The Morgan fingerprint density at radius 1 is 0.547 bits per heavy atom. The Labute approximate surface area is 345 Å². The molecule has 284 valence electrons. The average Bonchev–Trinajstić information content (AvgIpc) is 3.08. The maximum Gasteiger partial charge on any atom is 2.00 e. The van der Waals surface area contributed by atoms with Crippen molar-refractivity contribution in [2.45, 2.75) is 114 Å². The van der Waals surface area contributed by atoms with Crippen LogP contribution >= 0.6 is 0 Å². The van der Waals surface area contributed by atoms with Gasteiger partial charge in [-0.05, 0) is 73.2 Å². The van der Waals surface area contributed by atoms with Crippen molar-refractivity contribution < 1.29 is 45.6 Å². The molecular formula is C40H50CaO10S2. The number of aromatic hydroxyl groups is 1. The molecule has 0 aliphatic heterocycles. The molecule has 0 spiro atoms. The monoisotopic (exact) mass is 794 g/mol. The SMILES string of the molecule is CCCCCCCCc1ccc(Oc2cc(O)cc(S(=O)(=O)O)c2)cc1.CCCCCCCCc1ccc(Oc2cc([O-])cc(S(=O)(=O)[O-])c2)cc1.[Ca+2]. The van der Waals surface area contributed by atoms with E-state index in [0.29, 0.717) is 11.5 Å². The predicted molar refractivity (Wildman–Crippen MR) is 205 cm³/mol. The van der Waals surface area contributed by atoms with Gasteiger partial charge in [-0.1, -0.05) is 108 Å². The van der Waals surface area contributed by atoms with E-state index >= 15 is 0 Å². The maximum absolute atomic E-state index is 11.5. The molecule has 0 aliphatic rings. The quantitative estimate of drug-likeness (QED) is 0.0499. The zero-order valence-corrected chi connectivity index (χ0v) is 34.5. The first-order chi connectivity index (χ1) is 24.8. The topological polar surface area (TPSA) is 173 Å². The summed E-state index contributed by atoms with van der Waals surface area (Å²) in [5.74, 6) is 0.309. The Kier molecular flexibility index (Phi) is 20.8. The molecule has 4 rings (SSSR count). The zero-order chi connectivity index (χ0) is 38.0. The van der Waals surface area contributed by atoms with Gasteiger partial charge in [0.2, 0.25) is 0 Å². The molecule has 0 aliphatic carbocycles. The number of ether oxygens (including phenoxy) is 2. The van der Waals surface area contributed by atoms with Crippen molar-refractivity contribution in [2.75, 3.05) is 0 Å². The first-order valence-electron chi connectivity index (χ1n) is 17.9. The van der Waals surface area contributed by atoms with Crippen molar-refractivity contribution in [2.24, 2.45) is 0 Å². The molecule has 0 heterocycles. The number of rotatable bonds is 20. The van der Waals surface area contributed by atoms with Gasteiger partial charge < -0.3 is 24.2 Å². The fourth-order valence-electron chi connectivity index (χ4n) is 5.45. The van der Waals surface area contributed by atoms with Crippen LogP contribution in [-0.2, 0) is 33.1 Å². The van der Waals surface area contributed by atoms with Gasteiger partial charge in [0.05, 0.1) is 4.90 Å². The van der Waals surface area contributed by atoms with Gasteiger partial charge in [-0.3, -0.25) is 4.55 Å². The molecule has 13 heteroatoms. The van der Waals surface area contributed by atoms with Crippen LogP contribution < -0.4 is 14.6 Å². The van der Waals surface area contributed by atoms with Gasteiger partial charge in [0.1, 0.15) is 43.8 Å². The first-order valence-corrected chi connectivity index (χ1v) is 20.7. The summed E-state index contributed by atoms with van der Waals surface area (Å²) in [7, 11) is -9.10. The van der Waals surface area contributed by atoms with Crippen molar-refractivity contribution in [1.29, 1.82) is 0 Å². The largest absolute Gasteiger partial charge is 2.00 e. The zero-order valence-electron chi connectivity index (χ0n) is 30.7. The van der Waals surface area contributed by atoms with Crippen LogP contribution in [-0.4, -0.2) is 68.8 Å². The third-order valence-corrected chi connectivity index (χ3v) is 9.91. The van der Waals surface area contributed by atoms with Gasteiger partial charge in [-0.15, -0.1) is 5.75 Å². The summed E-state index contributed by atoms with van der Waals surface area (Å²) in [5, 5.41) is 21.1. The van der Waals surface area contributed by atoms with Gasteiger partial charge >= 0.3 is 37.7 Å². The fraction of sp³-hybridized carbons (Fsp3) is 0.400. The average molecular weight is 795 g/mol. The van der Waals surface area contributed by atoms with Gasteiger partial charge in [0.25, 0.3) is 10.1 Å². The normalized spacial score (nSPS) is 11.2. The van der Waals surface area contributed by atoms with E-state index in [-0.39, 0.29) is 55.0 Å². The summed E-state index contributed by atoms with van der Waals surface area (Å²) in [5.41, 5.74) is 2.43. The molecule has 0 bridgehead atoms. The van der Waals surface area contributed by atoms with E-state index in [1.165, 1.54) is 87.5 Å². The second-order valence-corrected chi connectivity index (χ2v) is 15.6. The summed E-state index contributed by atoms with van der Waals surface area (Å²) in [6.07, 6.45) is 17.0. The molecule has 4 aromatic carbocycles. The standard InChI is InChI=1S/2C20H26O5S.Ca/c2*1-2-3-4-5-6-7-8-16-9-11-18(12-10-16)25-19-13-17(21)14-20(15-19)26(22,23)24;/h2*9-15,21H,2-8H2,1H3,(H,22,23,24);/q;;+2/p-2. The fourth-order valence-corrected chi connectivity index (χ4v) is 6.51. The van der Waals surface area contributed by atoms with Crippen molar-refractivity contribution in [3.63, 3.8) is 0 Å². The number of benzene rings is 4. The summed E-state index contributed by atoms with van der Waals surface area (Å²) >= 11 is 0. The molecule has 4 aromatic rings.